The molecule has 0 saturated carbocycles. The Morgan fingerprint density at radius 3 is 2.12 bits per heavy atom. The number of carbonyl (C=O) groups excluding carboxylic acids is 1. The van der Waals surface area contributed by atoms with Gasteiger partial charge in [0.2, 0.25) is 0 Å². The van der Waals surface area contributed by atoms with Crippen LogP contribution in [-0.4, -0.2) is 58.5 Å². The van der Waals surface area contributed by atoms with E-state index < -0.39 is 11.6 Å². The second-order valence-corrected chi connectivity index (χ2v) is 6.23. The number of ketones is 1. The molecule has 0 heterocycles. The van der Waals surface area contributed by atoms with Gasteiger partial charge in [-0.25, -0.2) is 0 Å². The molecule has 0 bridgehead atoms. The van der Waals surface area contributed by atoms with Gasteiger partial charge >= 0.3 is 0 Å². The van der Waals surface area contributed by atoms with Crippen LogP contribution in [0.1, 0.15) is 38.1 Å². The molecule has 0 spiro atoms. The number of likely N-dealkylation sites (N-methyl/N-ethyl adjacent to an activating group) is 2. The first-order valence-electron chi connectivity index (χ1n) is 9.23. The van der Waals surface area contributed by atoms with E-state index in [2.05, 4.69) is 18.7 Å². The van der Waals surface area contributed by atoms with E-state index in [4.69, 9.17) is 0 Å². The molecule has 0 aromatic heterocycles. The SMILES string of the molecule is CCN(CC)C1=CC(O)C(C(=O)c2ccccc2)(N(CC)CC)C=C1. The summed E-state index contributed by atoms with van der Waals surface area (Å²) in [6.07, 6.45) is 4.82. The third kappa shape index (κ3) is 3.55. The second kappa shape index (κ2) is 8.45. The number of allylic oxidation sites excluding steroid dienone is 1. The molecule has 2 rings (SSSR count). The number of benzene rings is 1. The lowest BCUT2D eigenvalue weighted by Crippen LogP contribution is -2.61. The maximum Gasteiger partial charge on any atom is 0.190 e. The summed E-state index contributed by atoms with van der Waals surface area (Å²) in [4.78, 5) is 17.6. The van der Waals surface area contributed by atoms with Crippen LogP contribution in [-0.2, 0) is 0 Å². The molecule has 136 valence electrons. The molecule has 2 atom stereocenters. The van der Waals surface area contributed by atoms with Gasteiger partial charge in [0.15, 0.2) is 5.78 Å². The fourth-order valence-electron chi connectivity index (χ4n) is 3.67. The van der Waals surface area contributed by atoms with Crippen molar-refractivity contribution in [2.45, 2.75) is 39.3 Å². The fraction of sp³-hybridized carbons (Fsp3) is 0.476. The molecule has 25 heavy (non-hydrogen) atoms. The van der Waals surface area contributed by atoms with Gasteiger partial charge in [-0.1, -0.05) is 50.3 Å². The Bertz CT molecular complexity index is 631. The van der Waals surface area contributed by atoms with Crippen LogP contribution in [0.2, 0.25) is 0 Å². The van der Waals surface area contributed by atoms with Crippen LogP contribution in [0.5, 0.6) is 0 Å². The molecule has 0 aliphatic heterocycles. The van der Waals surface area contributed by atoms with Crippen molar-refractivity contribution in [1.29, 1.82) is 0 Å². The summed E-state index contributed by atoms with van der Waals surface area (Å²) < 4.78 is 0. The number of hydrogen-bond acceptors (Lipinski definition) is 4. The number of rotatable bonds is 8. The lowest BCUT2D eigenvalue weighted by molar-refractivity contribution is 0.0260. The van der Waals surface area contributed by atoms with Crippen LogP contribution in [0.25, 0.3) is 0 Å². The van der Waals surface area contributed by atoms with Crippen LogP contribution >= 0.6 is 0 Å². The molecular weight excluding hydrogens is 312 g/mol. The van der Waals surface area contributed by atoms with Crippen molar-refractivity contribution in [3.8, 4) is 0 Å². The lowest BCUT2D eigenvalue weighted by atomic mass is 9.78. The summed E-state index contributed by atoms with van der Waals surface area (Å²) in [7, 11) is 0. The molecule has 1 aliphatic carbocycles. The first-order chi connectivity index (χ1) is 12.0. The largest absolute Gasteiger partial charge is 0.386 e. The Hall–Kier alpha value is -1.91. The normalized spacial score (nSPS) is 22.8. The zero-order valence-electron chi connectivity index (χ0n) is 15.8. The Balaban J connectivity index is 2.49. The van der Waals surface area contributed by atoms with E-state index in [-0.39, 0.29) is 5.78 Å². The fourth-order valence-corrected chi connectivity index (χ4v) is 3.67. The Morgan fingerprint density at radius 1 is 1.04 bits per heavy atom. The second-order valence-electron chi connectivity index (χ2n) is 6.23. The number of carbonyl (C=O) groups is 1. The molecule has 1 N–H and O–H groups in total. The highest BCUT2D eigenvalue weighted by molar-refractivity contribution is 6.05. The zero-order chi connectivity index (χ0) is 18.4. The van der Waals surface area contributed by atoms with Gasteiger partial charge in [-0.2, -0.15) is 0 Å². The first kappa shape index (κ1) is 19.4. The van der Waals surface area contributed by atoms with Crippen molar-refractivity contribution in [2.75, 3.05) is 26.2 Å². The third-order valence-electron chi connectivity index (χ3n) is 5.10. The molecule has 1 aromatic carbocycles. The van der Waals surface area contributed by atoms with E-state index in [1.165, 1.54) is 0 Å². The van der Waals surface area contributed by atoms with Gasteiger partial charge in [0.25, 0.3) is 0 Å². The van der Waals surface area contributed by atoms with Gasteiger partial charge in [0, 0.05) is 24.4 Å². The van der Waals surface area contributed by atoms with E-state index in [1.54, 1.807) is 0 Å². The van der Waals surface area contributed by atoms with Crippen molar-refractivity contribution in [3.63, 3.8) is 0 Å². The number of nitrogens with zero attached hydrogens (tertiary/aromatic N) is 2. The Morgan fingerprint density at radius 2 is 1.64 bits per heavy atom. The Labute approximate surface area is 151 Å². The van der Waals surface area contributed by atoms with Crippen LogP contribution in [0, 0.1) is 0 Å². The summed E-state index contributed by atoms with van der Waals surface area (Å²) in [5, 5.41) is 11.1. The standard InChI is InChI=1S/C21H30N2O2/c1-5-22(6-2)18-14-15-21(19(24)16-18,23(7-3)8-4)20(25)17-12-10-9-11-13-17/h9-16,19,24H,5-8H2,1-4H3. The van der Waals surface area contributed by atoms with Gasteiger partial charge in [0.1, 0.15) is 11.6 Å². The van der Waals surface area contributed by atoms with Crippen LogP contribution in [0.3, 0.4) is 0 Å². The monoisotopic (exact) mass is 342 g/mol. The predicted octanol–water partition coefficient (Wildman–Crippen LogP) is 3.11. The van der Waals surface area contributed by atoms with E-state index in [1.807, 2.05) is 67.3 Å². The van der Waals surface area contributed by atoms with E-state index in [0.29, 0.717) is 18.7 Å². The zero-order valence-corrected chi connectivity index (χ0v) is 15.8. The minimum absolute atomic E-state index is 0.0598. The van der Waals surface area contributed by atoms with Gasteiger partial charge in [-0.3, -0.25) is 9.69 Å². The summed E-state index contributed by atoms with van der Waals surface area (Å²) >= 11 is 0. The van der Waals surface area contributed by atoms with Crippen molar-refractivity contribution in [1.82, 2.24) is 9.80 Å². The van der Waals surface area contributed by atoms with Gasteiger partial charge < -0.3 is 10.0 Å². The lowest BCUT2D eigenvalue weighted by Gasteiger charge is -2.44. The van der Waals surface area contributed by atoms with Crippen LogP contribution in [0.4, 0.5) is 0 Å². The van der Waals surface area contributed by atoms with Gasteiger partial charge in [-0.15, -0.1) is 0 Å². The molecule has 4 nitrogen and oxygen atoms in total. The average molecular weight is 342 g/mol. The van der Waals surface area contributed by atoms with Gasteiger partial charge in [0.05, 0.1) is 0 Å². The summed E-state index contributed by atoms with van der Waals surface area (Å²) in [5.41, 5.74) is 0.542. The highest BCUT2D eigenvalue weighted by Crippen LogP contribution is 2.32. The summed E-state index contributed by atoms with van der Waals surface area (Å²) in [5.74, 6) is -0.0598. The maximum atomic E-state index is 13.4. The minimum atomic E-state index is -1.05. The highest BCUT2D eigenvalue weighted by Gasteiger charge is 2.48. The van der Waals surface area contributed by atoms with Crippen molar-refractivity contribution < 1.29 is 9.90 Å². The highest BCUT2D eigenvalue weighted by atomic mass is 16.3. The third-order valence-corrected chi connectivity index (χ3v) is 5.10. The Kier molecular flexibility index (Phi) is 6.57. The van der Waals surface area contributed by atoms with Gasteiger partial charge in [-0.05, 0) is 39.1 Å². The smallest absolute Gasteiger partial charge is 0.190 e. The van der Waals surface area contributed by atoms with E-state index >= 15 is 0 Å². The topological polar surface area (TPSA) is 43.8 Å². The number of hydrogen-bond donors (Lipinski definition) is 1. The first-order valence-corrected chi connectivity index (χ1v) is 9.23. The maximum absolute atomic E-state index is 13.4. The molecule has 0 fully saturated rings. The van der Waals surface area contributed by atoms with Crippen LogP contribution in [0.15, 0.2) is 54.3 Å². The molecule has 1 aromatic rings. The molecule has 4 heteroatoms. The van der Waals surface area contributed by atoms with Crippen molar-refractivity contribution >= 4 is 5.78 Å². The number of aliphatic hydroxyl groups excluding tert-OH is 1. The molecule has 0 amide bonds. The quantitative estimate of drug-likeness (QED) is 0.737. The number of Topliss-reactive ketones (excluding diaryl/α,β-unsaturated/α-hetero) is 1. The molecule has 0 saturated heterocycles. The summed E-state index contributed by atoms with van der Waals surface area (Å²) in [6.45, 7) is 11.3. The summed E-state index contributed by atoms with van der Waals surface area (Å²) in [6, 6.07) is 9.25. The average Bonchev–Trinajstić information content (AvgIpc) is 2.65. The van der Waals surface area contributed by atoms with Crippen molar-refractivity contribution in [2.24, 2.45) is 0 Å². The van der Waals surface area contributed by atoms with E-state index in [0.717, 1.165) is 18.8 Å². The minimum Gasteiger partial charge on any atom is -0.386 e. The number of aliphatic hydroxyl groups is 1. The van der Waals surface area contributed by atoms with Crippen molar-refractivity contribution in [3.05, 3.63) is 59.8 Å². The van der Waals surface area contributed by atoms with E-state index in [9.17, 15) is 9.90 Å². The predicted molar refractivity (Wildman–Crippen MR) is 103 cm³/mol. The van der Waals surface area contributed by atoms with Crippen LogP contribution < -0.4 is 0 Å². The molecule has 0 radical (unpaired) electrons. The molecule has 2 unspecified atom stereocenters. The molecular formula is C21H30N2O2. The molecule has 1 aliphatic rings.